The molecular formula is C18H17N3O2. The molecule has 3 aromatic rings. The minimum atomic E-state index is -0.467. The molecule has 0 aliphatic heterocycles. The van der Waals surface area contributed by atoms with Crippen LogP contribution in [0.5, 0.6) is 0 Å². The minimum absolute atomic E-state index is 0.158. The smallest absolute Gasteiger partial charge is 0.344 e. The second kappa shape index (κ2) is 6.36. The fraction of sp³-hybridized carbons (Fsp3) is 0.111. The number of rotatable bonds is 4. The van der Waals surface area contributed by atoms with Gasteiger partial charge in [-0.1, -0.05) is 48.5 Å². The van der Waals surface area contributed by atoms with Crippen LogP contribution in [0.4, 0.5) is 5.82 Å². The van der Waals surface area contributed by atoms with E-state index >= 15 is 0 Å². The molecule has 0 saturated heterocycles. The first kappa shape index (κ1) is 14.8. The Morgan fingerprint density at radius 3 is 2.30 bits per heavy atom. The van der Waals surface area contributed by atoms with Gasteiger partial charge in [-0.15, -0.1) is 5.10 Å². The third-order valence-electron chi connectivity index (χ3n) is 3.44. The Balaban J connectivity index is 2.25. The van der Waals surface area contributed by atoms with Gasteiger partial charge in [0.2, 0.25) is 0 Å². The normalized spacial score (nSPS) is 10.5. The zero-order chi connectivity index (χ0) is 16.2. The molecule has 0 unspecified atom stereocenters. The van der Waals surface area contributed by atoms with Crippen molar-refractivity contribution in [1.82, 2.24) is 9.78 Å². The summed E-state index contributed by atoms with van der Waals surface area (Å²) in [5, 5.41) is 4.35. The molecule has 23 heavy (non-hydrogen) atoms. The molecule has 0 saturated carbocycles. The number of nitrogens with zero attached hydrogens (tertiary/aromatic N) is 2. The summed E-state index contributed by atoms with van der Waals surface area (Å²) in [4.78, 5) is 12.3. The van der Waals surface area contributed by atoms with Crippen molar-refractivity contribution in [3.63, 3.8) is 0 Å². The summed E-state index contributed by atoms with van der Waals surface area (Å²) in [6.07, 6.45) is 0. The van der Waals surface area contributed by atoms with Gasteiger partial charge < -0.3 is 10.5 Å². The van der Waals surface area contributed by atoms with E-state index in [0.717, 1.165) is 11.3 Å². The second-order valence-corrected chi connectivity index (χ2v) is 4.94. The zero-order valence-corrected chi connectivity index (χ0v) is 12.8. The van der Waals surface area contributed by atoms with E-state index < -0.39 is 5.97 Å². The standard InChI is InChI=1S/C18H17N3O2/c1-2-23-18(22)15-16(13-9-5-3-6-10-13)21(20-17(15)19)14-11-7-4-8-12-14/h3-12H,2H2,1H3,(H2,19,20). The van der Waals surface area contributed by atoms with Gasteiger partial charge in [-0.25, -0.2) is 9.48 Å². The van der Waals surface area contributed by atoms with Gasteiger partial charge in [-0.05, 0) is 19.1 Å². The van der Waals surface area contributed by atoms with Gasteiger partial charge in [0.15, 0.2) is 5.82 Å². The summed E-state index contributed by atoms with van der Waals surface area (Å²) in [6, 6.07) is 19.1. The lowest BCUT2D eigenvalue weighted by Gasteiger charge is -2.09. The summed E-state index contributed by atoms with van der Waals surface area (Å²) >= 11 is 0. The van der Waals surface area contributed by atoms with Crippen molar-refractivity contribution in [3.8, 4) is 16.9 Å². The number of aromatic nitrogens is 2. The lowest BCUT2D eigenvalue weighted by molar-refractivity contribution is 0.0528. The molecule has 0 aliphatic carbocycles. The Kier molecular flexibility index (Phi) is 4.10. The molecule has 1 heterocycles. The monoisotopic (exact) mass is 307 g/mol. The molecule has 0 radical (unpaired) electrons. The van der Waals surface area contributed by atoms with Crippen LogP contribution in [0, 0.1) is 0 Å². The van der Waals surface area contributed by atoms with Crippen LogP contribution in [0.2, 0.25) is 0 Å². The number of ether oxygens (including phenoxy) is 1. The predicted octanol–water partition coefficient (Wildman–Crippen LogP) is 3.30. The molecule has 2 N–H and O–H groups in total. The molecule has 0 aliphatic rings. The van der Waals surface area contributed by atoms with Crippen LogP contribution in [0.3, 0.4) is 0 Å². The van der Waals surface area contributed by atoms with Crippen molar-refractivity contribution in [2.24, 2.45) is 0 Å². The average molecular weight is 307 g/mol. The first-order valence-electron chi connectivity index (χ1n) is 7.38. The fourth-order valence-corrected chi connectivity index (χ4v) is 2.46. The molecule has 3 rings (SSSR count). The Hall–Kier alpha value is -3.08. The molecule has 0 fully saturated rings. The van der Waals surface area contributed by atoms with Gasteiger partial charge in [0.1, 0.15) is 5.56 Å². The molecule has 0 bridgehead atoms. The number of benzene rings is 2. The van der Waals surface area contributed by atoms with Gasteiger partial charge in [-0.3, -0.25) is 0 Å². The van der Waals surface area contributed by atoms with Crippen LogP contribution in [-0.4, -0.2) is 22.4 Å². The largest absolute Gasteiger partial charge is 0.462 e. The number of carbonyl (C=O) groups excluding carboxylic acids is 1. The average Bonchev–Trinajstić information content (AvgIpc) is 2.94. The highest BCUT2D eigenvalue weighted by Crippen LogP contribution is 2.31. The lowest BCUT2D eigenvalue weighted by Crippen LogP contribution is -2.08. The van der Waals surface area contributed by atoms with E-state index in [1.807, 2.05) is 60.7 Å². The third-order valence-corrected chi connectivity index (χ3v) is 3.44. The predicted molar refractivity (Wildman–Crippen MR) is 89.4 cm³/mol. The topological polar surface area (TPSA) is 70.1 Å². The second-order valence-electron chi connectivity index (χ2n) is 4.94. The minimum Gasteiger partial charge on any atom is -0.462 e. The van der Waals surface area contributed by atoms with Crippen molar-refractivity contribution >= 4 is 11.8 Å². The summed E-state index contributed by atoms with van der Waals surface area (Å²) < 4.78 is 6.83. The van der Waals surface area contributed by atoms with E-state index in [1.165, 1.54) is 0 Å². The van der Waals surface area contributed by atoms with E-state index in [2.05, 4.69) is 5.10 Å². The van der Waals surface area contributed by atoms with Crippen LogP contribution in [0.1, 0.15) is 17.3 Å². The Morgan fingerprint density at radius 2 is 1.70 bits per heavy atom. The number of esters is 1. The number of carbonyl (C=O) groups is 1. The van der Waals surface area contributed by atoms with E-state index in [4.69, 9.17) is 10.5 Å². The highest BCUT2D eigenvalue weighted by atomic mass is 16.5. The van der Waals surface area contributed by atoms with Crippen molar-refractivity contribution in [1.29, 1.82) is 0 Å². The number of nitrogens with two attached hydrogens (primary N) is 1. The number of anilines is 1. The van der Waals surface area contributed by atoms with E-state index in [0.29, 0.717) is 11.3 Å². The maximum absolute atomic E-state index is 12.3. The van der Waals surface area contributed by atoms with E-state index in [-0.39, 0.29) is 12.4 Å². The van der Waals surface area contributed by atoms with Crippen molar-refractivity contribution < 1.29 is 9.53 Å². The number of para-hydroxylation sites is 1. The van der Waals surface area contributed by atoms with Crippen LogP contribution in [0.25, 0.3) is 16.9 Å². The molecule has 0 atom stereocenters. The molecule has 5 heteroatoms. The van der Waals surface area contributed by atoms with E-state index in [9.17, 15) is 4.79 Å². The molecule has 2 aromatic carbocycles. The molecule has 116 valence electrons. The highest BCUT2D eigenvalue weighted by molar-refractivity contribution is 6.01. The van der Waals surface area contributed by atoms with Crippen molar-refractivity contribution in [2.45, 2.75) is 6.92 Å². The summed E-state index contributed by atoms with van der Waals surface area (Å²) in [5.41, 5.74) is 8.62. The SMILES string of the molecule is CCOC(=O)c1c(N)nn(-c2ccccc2)c1-c1ccccc1. The van der Waals surface area contributed by atoms with Crippen LogP contribution in [-0.2, 0) is 4.74 Å². The summed E-state index contributed by atoms with van der Waals surface area (Å²) in [5.74, 6) is -0.308. The van der Waals surface area contributed by atoms with Crippen LogP contribution < -0.4 is 5.73 Å². The first-order valence-corrected chi connectivity index (χ1v) is 7.38. The van der Waals surface area contributed by atoms with Crippen LogP contribution >= 0.6 is 0 Å². The molecule has 5 nitrogen and oxygen atoms in total. The molecular weight excluding hydrogens is 290 g/mol. The van der Waals surface area contributed by atoms with Crippen LogP contribution in [0.15, 0.2) is 60.7 Å². The number of hydrogen-bond acceptors (Lipinski definition) is 4. The third kappa shape index (κ3) is 2.81. The van der Waals surface area contributed by atoms with Crippen molar-refractivity contribution in [2.75, 3.05) is 12.3 Å². The van der Waals surface area contributed by atoms with Crippen molar-refractivity contribution in [3.05, 3.63) is 66.2 Å². The lowest BCUT2D eigenvalue weighted by atomic mass is 10.1. The quantitative estimate of drug-likeness (QED) is 0.751. The summed E-state index contributed by atoms with van der Waals surface area (Å²) in [6.45, 7) is 2.04. The van der Waals surface area contributed by atoms with E-state index in [1.54, 1.807) is 11.6 Å². The molecule has 0 spiro atoms. The fourth-order valence-electron chi connectivity index (χ4n) is 2.46. The van der Waals surface area contributed by atoms with Gasteiger partial charge >= 0.3 is 5.97 Å². The Bertz CT molecular complexity index is 811. The zero-order valence-electron chi connectivity index (χ0n) is 12.8. The molecule has 0 amide bonds. The van der Waals surface area contributed by atoms with Gasteiger partial charge in [0, 0.05) is 5.56 Å². The molecule has 1 aromatic heterocycles. The highest BCUT2D eigenvalue weighted by Gasteiger charge is 2.25. The van der Waals surface area contributed by atoms with Gasteiger partial charge in [0.25, 0.3) is 0 Å². The maximum Gasteiger partial charge on any atom is 0.344 e. The Labute approximate surface area is 134 Å². The maximum atomic E-state index is 12.3. The Morgan fingerprint density at radius 1 is 1.09 bits per heavy atom. The number of hydrogen-bond donors (Lipinski definition) is 1. The summed E-state index contributed by atoms with van der Waals surface area (Å²) in [7, 11) is 0. The number of nitrogen functional groups attached to an aromatic ring is 1. The van der Waals surface area contributed by atoms with Gasteiger partial charge in [0.05, 0.1) is 18.0 Å². The first-order chi connectivity index (χ1) is 11.2. The van der Waals surface area contributed by atoms with Gasteiger partial charge in [-0.2, -0.15) is 0 Å².